The second-order valence-electron chi connectivity index (χ2n) is 13.0. The predicted octanol–water partition coefficient (Wildman–Crippen LogP) is 6.43. The van der Waals surface area contributed by atoms with Crippen LogP contribution in [0.25, 0.3) is 0 Å². The average molecular weight is 475 g/mol. The Kier molecular flexibility index (Phi) is 5.99. The molecule has 188 valence electrons. The Labute approximate surface area is 211 Å². The molecule has 1 aromatic carbocycles. The molecule has 1 heterocycles. The molecule has 6 rings (SSSR count). The number of nitriles is 1. The summed E-state index contributed by atoms with van der Waals surface area (Å²) in [7, 11) is 1.86. The quantitative estimate of drug-likeness (QED) is 0.505. The number of hydrogen-bond acceptors (Lipinski definition) is 3. The molecule has 1 aliphatic heterocycles. The van der Waals surface area contributed by atoms with E-state index in [2.05, 4.69) is 24.8 Å². The van der Waals surface area contributed by atoms with Crippen molar-refractivity contribution in [2.24, 2.45) is 46.8 Å². The van der Waals surface area contributed by atoms with Crippen LogP contribution in [0.15, 0.2) is 18.2 Å². The number of fused-ring (bicyclic) bond motifs is 6. The van der Waals surface area contributed by atoms with Gasteiger partial charge in [-0.15, -0.1) is 0 Å². The Morgan fingerprint density at radius 1 is 1.11 bits per heavy atom. The Balaban J connectivity index is 1.17. The maximum absolute atomic E-state index is 13.4. The van der Waals surface area contributed by atoms with Crippen molar-refractivity contribution >= 4 is 5.91 Å². The number of ether oxygens (including phenoxy) is 1. The van der Waals surface area contributed by atoms with Gasteiger partial charge >= 0.3 is 0 Å². The lowest BCUT2D eigenvalue weighted by molar-refractivity contribution is -0.0786. The smallest absolute Gasteiger partial charge is 0.254 e. The van der Waals surface area contributed by atoms with Gasteiger partial charge in [-0.25, -0.2) is 0 Å². The molecule has 9 unspecified atom stereocenters. The van der Waals surface area contributed by atoms with E-state index in [-0.39, 0.29) is 11.9 Å². The largest absolute Gasteiger partial charge is 0.384 e. The predicted molar refractivity (Wildman–Crippen MR) is 136 cm³/mol. The lowest BCUT2D eigenvalue weighted by Gasteiger charge is -2.57. The first-order valence-electron chi connectivity index (χ1n) is 14.3. The van der Waals surface area contributed by atoms with Crippen molar-refractivity contribution in [3.63, 3.8) is 0 Å². The number of carbonyl (C=O) groups excluding carboxylic acids is 1. The lowest BCUT2D eigenvalue weighted by Crippen LogP contribution is -2.51. The first-order valence-corrected chi connectivity index (χ1v) is 14.3. The van der Waals surface area contributed by atoms with E-state index in [1.54, 1.807) is 6.07 Å². The van der Waals surface area contributed by atoms with Gasteiger partial charge in [-0.2, -0.15) is 5.26 Å². The third kappa shape index (κ3) is 3.67. The zero-order valence-electron chi connectivity index (χ0n) is 21.8. The summed E-state index contributed by atoms with van der Waals surface area (Å²) in [6, 6.07) is 8.07. The molecular formula is C31H42N2O2. The normalized spacial score (nSPS) is 40.9. The van der Waals surface area contributed by atoms with Gasteiger partial charge < -0.3 is 9.64 Å². The molecule has 4 aliphatic carbocycles. The molecule has 4 fully saturated rings. The van der Waals surface area contributed by atoms with Crippen LogP contribution in [0.2, 0.25) is 0 Å². The zero-order chi connectivity index (χ0) is 24.3. The lowest BCUT2D eigenvalue weighted by atomic mass is 9.49. The molecule has 0 N–H and O–H groups in total. The van der Waals surface area contributed by atoms with Gasteiger partial charge in [0.1, 0.15) is 0 Å². The van der Waals surface area contributed by atoms with Gasteiger partial charge in [-0.3, -0.25) is 4.79 Å². The summed E-state index contributed by atoms with van der Waals surface area (Å²) < 4.78 is 5.51. The van der Waals surface area contributed by atoms with Gasteiger partial charge in [0.05, 0.1) is 11.6 Å². The van der Waals surface area contributed by atoms with E-state index < -0.39 is 0 Å². The standard InChI is InChI=1S/C31H42N2O2/c1-19(33-17-23-14-20(16-32)4-8-25(23)30(33)34)28-10-11-29-27-9-6-22-15-21(18-35-3)5-7-24(22)26(27)12-13-31(28,29)2/h4,8,14,19,21-22,24,26-29H,5-7,9-13,15,17-18H2,1-3H3. The van der Waals surface area contributed by atoms with Crippen molar-refractivity contribution in [2.45, 2.75) is 84.2 Å². The minimum absolute atomic E-state index is 0.172. The summed E-state index contributed by atoms with van der Waals surface area (Å²) in [6.45, 7) is 6.52. The van der Waals surface area contributed by atoms with E-state index in [1.807, 2.05) is 19.2 Å². The number of methoxy groups -OCH3 is 1. The summed E-state index contributed by atoms with van der Waals surface area (Å²) >= 11 is 0. The second-order valence-corrected chi connectivity index (χ2v) is 13.0. The van der Waals surface area contributed by atoms with Crippen LogP contribution in [0.3, 0.4) is 0 Å². The first-order chi connectivity index (χ1) is 16.9. The van der Waals surface area contributed by atoms with Crippen LogP contribution < -0.4 is 0 Å². The highest BCUT2D eigenvalue weighted by atomic mass is 16.5. The minimum Gasteiger partial charge on any atom is -0.384 e. The van der Waals surface area contributed by atoms with Crippen LogP contribution in [-0.2, 0) is 11.3 Å². The highest BCUT2D eigenvalue weighted by Crippen LogP contribution is 2.65. The van der Waals surface area contributed by atoms with Gasteiger partial charge in [0, 0.05) is 31.9 Å². The molecule has 9 atom stereocenters. The Morgan fingerprint density at radius 2 is 1.94 bits per heavy atom. The van der Waals surface area contributed by atoms with Gasteiger partial charge in [-0.1, -0.05) is 6.92 Å². The molecule has 5 aliphatic rings. The van der Waals surface area contributed by atoms with E-state index in [9.17, 15) is 10.1 Å². The van der Waals surface area contributed by atoms with Crippen LogP contribution >= 0.6 is 0 Å². The average Bonchev–Trinajstić information content (AvgIpc) is 3.40. The van der Waals surface area contributed by atoms with E-state index >= 15 is 0 Å². The molecule has 1 amide bonds. The molecule has 35 heavy (non-hydrogen) atoms. The first kappa shape index (κ1) is 23.5. The Morgan fingerprint density at radius 3 is 2.74 bits per heavy atom. The molecule has 0 radical (unpaired) electrons. The molecule has 0 bridgehead atoms. The van der Waals surface area contributed by atoms with Crippen LogP contribution in [0, 0.1) is 58.2 Å². The van der Waals surface area contributed by atoms with Gasteiger partial charge in [0.2, 0.25) is 0 Å². The van der Waals surface area contributed by atoms with Crippen molar-refractivity contribution < 1.29 is 9.53 Å². The number of carbonyl (C=O) groups is 1. The molecule has 0 saturated heterocycles. The van der Waals surface area contributed by atoms with E-state index in [4.69, 9.17) is 4.74 Å². The Hall–Kier alpha value is -1.86. The molecule has 4 nitrogen and oxygen atoms in total. The fourth-order valence-corrected chi connectivity index (χ4v) is 10.1. The fraction of sp³-hybridized carbons (Fsp3) is 0.742. The second kappa shape index (κ2) is 8.91. The van der Waals surface area contributed by atoms with Crippen LogP contribution in [-0.4, -0.2) is 30.6 Å². The summed E-state index contributed by atoms with van der Waals surface area (Å²) in [4.78, 5) is 15.5. The third-order valence-electron chi connectivity index (χ3n) is 11.7. The van der Waals surface area contributed by atoms with Gasteiger partial charge in [-0.05, 0) is 135 Å². The molecule has 4 saturated carbocycles. The molecule has 0 spiro atoms. The summed E-state index contributed by atoms with van der Waals surface area (Å²) in [5, 5.41) is 9.30. The highest BCUT2D eigenvalue weighted by Gasteiger charge is 2.58. The van der Waals surface area contributed by atoms with Crippen LogP contribution in [0.5, 0.6) is 0 Å². The van der Waals surface area contributed by atoms with Crippen molar-refractivity contribution in [1.29, 1.82) is 5.26 Å². The van der Waals surface area contributed by atoms with Crippen molar-refractivity contribution in [2.75, 3.05) is 13.7 Å². The minimum atomic E-state index is 0.172. The number of rotatable bonds is 4. The van der Waals surface area contributed by atoms with Gasteiger partial charge in [0.25, 0.3) is 5.91 Å². The monoisotopic (exact) mass is 474 g/mol. The fourth-order valence-electron chi connectivity index (χ4n) is 10.1. The summed E-state index contributed by atoms with van der Waals surface area (Å²) in [5.74, 6) is 6.09. The Bertz CT molecular complexity index is 1030. The highest BCUT2D eigenvalue weighted by molar-refractivity contribution is 5.98. The summed E-state index contributed by atoms with van der Waals surface area (Å²) in [6.07, 6.45) is 12.4. The van der Waals surface area contributed by atoms with Crippen molar-refractivity contribution in [1.82, 2.24) is 4.90 Å². The van der Waals surface area contributed by atoms with Crippen LogP contribution in [0.4, 0.5) is 0 Å². The SMILES string of the molecule is COCC1CCC2C(CCC3C2CCC2(C)C3CCC2C(C)N2Cc3cc(C#N)ccc3C2=O)C1. The maximum atomic E-state index is 13.4. The van der Waals surface area contributed by atoms with Gasteiger partial charge in [0.15, 0.2) is 0 Å². The van der Waals surface area contributed by atoms with Crippen molar-refractivity contribution in [3.05, 3.63) is 34.9 Å². The summed E-state index contributed by atoms with van der Waals surface area (Å²) in [5.41, 5.74) is 2.85. The van der Waals surface area contributed by atoms with E-state index in [1.165, 1.54) is 57.8 Å². The van der Waals surface area contributed by atoms with Crippen LogP contribution in [0.1, 0.15) is 93.1 Å². The number of amides is 1. The zero-order valence-corrected chi connectivity index (χ0v) is 21.8. The molecular weight excluding hydrogens is 432 g/mol. The molecule has 4 heteroatoms. The van der Waals surface area contributed by atoms with Crippen molar-refractivity contribution in [3.8, 4) is 6.07 Å². The maximum Gasteiger partial charge on any atom is 0.254 e. The molecule has 1 aromatic rings. The number of nitrogens with zero attached hydrogens (tertiary/aromatic N) is 2. The topological polar surface area (TPSA) is 53.3 Å². The van der Waals surface area contributed by atoms with E-state index in [0.29, 0.717) is 23.4 Å². The van der Waals surface area contributed by atoms with E-state index in [0.717, 1.165) is 53.2 Å². The molecule has 0 aromatic heterocycles. The number of hydrogen-bond donors (Lipinski definition) is 0. The number of benzene rings is 1. The third-order valence-corrected chi connectivity index (χ3v) is 11.7.